The molecule has 1 amide bonds. The van der Waals surface area contributed by atoms with Crippen molar-refractivity contribution in [1.29, 1.82) is 0 Å². The molecule has 2 N–H and O–H groups in total. The van der Waals surface area contributed by atoms with Gasteiger partial charge < -0.3 is 10.6 Å². The van der Waals surface area contributed by atoms with Gasteiger partial charge in [-0.15, -0.1) is 5.10 Å². The molecule has 0 aliphatic carbocycles. The number of non-ortho nitro benzene ring substituents is 1. The zero-order valence-corrected chi connectivity index (χ0v) is 12.4. The molecule has 1 aromatic heterocycles. The molecule has 0 bridgehead atoms. The van der Waals surface area contributed by atoms with Crippen LogP contribution in [0.4, 0.5) is 11.5 Å². The average molecular weight is 316 g/mol. The number of carbonyl (C=O) groups is 1. The van der Waals surface area contributed by atoms with Crippen LogP contribution in [-0.4, -0.2) is 43.8 Å². The molecular weight excluding hydrogens is 300 g/mol. The van der Waals surface area contributed by atoms with E-state index in [-0.39, 0.29) is 23.1 Å². The van der Waals surface area contributed by atoms with Crippen LogP contribution in [0.15, 0.2) is 24.3 Å². The number of hydrogen-bond donors (Lipinski definition) is 1. The molecule has 9 heteroatoms. The third-order valence-corrected chi connectivity index (χ3v) is 3.84. The molecule has 1 saturated heterocycles. The van der Waals surface area contributed by atoms with Crippen LogP contribution in [0.5, 0.6) is 0 Å². The van der Waals surface area contributed by atoms with Gasteiger partial charge >= 0.3 is 0 Å². The maximum atomic E-state index is 12.5. The summed E-state index contributed by atoms with van der Waals surface area (Å²) in [5.41, 5.74) is 6.38. The number of anilines is 1. The van der Waals surface area contributed by atoms with Gasteiger partial charge in [-0.3, -0.25) is 14.9 Å². The molecule has 0 radical (unpaired) electrons. The molecule has 0 atom stereocenters. The van der Waals surface area contributed by atoms with Crippen LogP contribution in [0.25, 0.3) is 5.69 Å². The van der Waals surface area contributed by atoms with E-state index in [2.05, 4.69) is 10.3 Å². The topological polar surface area (TPSA) is 120 Å². The third-order valence-electron chi connectivity index (χ3n) is 3.84. The fraction of sp³-hybridized carbons (Fsp3) is 0.357. The van der Waals surface area contributed by atoms with Crippen molar-refractivity contribution in [3.8, 4) is 5.69 Å². The first kappa shape index (κ1) is 14.9. The number of benzene rings is 1. The van der Waals surface area contributed by atoms with Crippen LogP contribution in [0.3, 0.4) is 0 Å². The molecule has 2 aromatic rings. The van der Waals surface area contributed by atoms with Gasteiger partial charge in [-0.1, -0.05) is 11.3 Å². The van der Waals surface area contributed by atoms with E-state index in [4.69, 9.17) is 5.73 Å². The quantitative estimate of drug-likeness (QED) is 0.674. The van der Waals surface area contributed by atoms with Crippen LogP contribution in [0, 0.1) is 10.1 Å². The van der Waals surface area contributed by atoms with Gasteiger partial charge in [-0.2, -0.15) is 4.68 Å². The van der Waals surface area contributed by atoms with Crippen molar-refractivity contribution in [3.63, 3.8) is 0 Å². The Hall–Kier alpha value is -2.97. The van der Waals surface area contributed by atoms with Crippen molar-refractivity contribution >= 4 is 17.4 Å². The van der Waals surface area contributed by atoms with Crippen LogP contribution in [0.1, 0.15) is 29.8 Å². The van der Waals surface area contributed by atoms with E-state index in [0.29, 0.717) is 18.8 Å². The minimum Gasteiger partial charge on any atom is -0.382 e. The van der Waals surface area contributed by atoms with Gasteiger partial charge in [-0.25, -0.2) is 0 Å². The minimum absolute atomic E-state index is 0.0819. The molecule has 2 heterocycles. The number of aromatic nitrogens is 3. The number of nitro groups is 1. The summed E-state index contributed by atoms with van der Waals surface area (Å²) in [6.07, 6.45) is 3.04. The zero-order valence-electron chi connectivity index (χ0n) is 12.4. The molecule has 120 valence electrons. The van der Waals surface area contributed by atoms with Gasteiger partial charge in [0.2, 0.25) is 0 Å². The van der Waals surface area contributed by atoms with Crippen molar-refractivity contribution in [2.75, 3.05) is 18.8 Å². The number of nitrogens with zero attached hydrogens (tertiary/aromatic N) is 5. The summed E-state index contributed by atoms with van der Waals surface area (Å²) in [5.74, 6) is -0.167. The summed E-state index contributed by atoms with van der Waals surface area (Å²) in [5, 5.41) is 18.6. The highest BCUT2D eigenvalue weighted by Crippen LogP contribution is 2.21. The van der Waals surface area contributed by atoms with E-state index in [1.165, 1.54) is 22.9 Å². The number of nitro benzene ring substituents is 1. The van der Waals surface area contributed by atoms with E-state index in [0.717, 1.165) is 19.3 Å². The first-order chi connectivity index (χ1) is 11.1. The Labute approximate surface area is 131 Å². The summed E-state index contributed by atoms with van der Waals surface area (Å²) >= 11 is 0. The largest absolute Gasteiger partial charge is 0.382 e. The Kier molecular flexibility index (Phi) is 3.92. The number of piperidine rings is 1. The monoisotopic (exact) mass is 316 g/mol. The Morgan fingerprint density at radius 1 is 1.26 bits per heavy atom. The van der Waals surface area contributed by atoms with E-state index in [1.54, 1.807) is 11.0 Å². The standard InChI is InChI=1S/C14H16N6O3/c15-13-12(14(21)18-7-2-1-3-8-18)16-17-19(13)10-5-4-6-11(9-10)20(22)23/h4-6,9H,1-3,7-8,15H2. The molecule has 1 fully saturated rings. The smallest absolute Gasteiger partial charge is 0.278 e. The highest BCUT2D eigenvalue weighted by molar-refractivity contribution is 5.96. The second kappa shape index (κ2) is 6.03. The number of amides is 1. The average Bonchev–Trinajstić information content (AvgIpc) is 2.96. The number of nitrogens with two attached hydrogens (primary N) is 1. The van der Waals surface area contributed by atoms with Gasteiger partial charge in [0.15, 0.2) is 11.5 Å². The number of nitrogen functional groups attached to an aromatic ring is 1. The van der Waals surface area contributed by atoms with Crippen LogP contribution in [-0.2, 0) is 0 Å². The van der Waals surface area contributed by atoms with Gasteiger partial charge in [-0.05, 0) is 25.3 Å². The Bertz CT molecular complexity index is 751. The molecule has 1 aliphatic rings. The molecule has 9 nitrogen and oxygen atoms in total. The van der Waals surface area contributed by atoms with Crippen molar-refractivity contribution in [2.24, 2.45) is 0 Å². The lowest BCUT2D eigenvalue weighted by Crippen LogP contribution is -2.36. The highest BCUT2D eigenvalue weighted by atomic mass is 16.6. The SMILES string of the molecule is Nc1c(C(=O)N2CCCCC2)nnn1-c1cccc([N+](=O)[O-])c1. The van der Waals surface area contributed by atoms with Crippen molar-refractivity contribution < 1.29 is 9.72 Å². The molecule has 0 spiro atoms. The molecule has 0 saturated carbocycles. The fourth-order valence-electron chi connectivity index (χ4n) is 2.62. The van der Waals surface area contributed by atoms with E-state index < -0.39 is 4.92 Å². The summed E-state index contributed by atoms with van der Waals surface area (Å²) in [4.78, 5) is 24.5. The van der Waals surface area contributed by atoms with Gasteiger partial charge in [0, 0.05) is 25.2 Å². The zero-order chi connectivity index (χ0) is 16.4. The molecule has 3 rings (SSSR count). The van der Waals surface area contributed by atoms with Crippen LogP contribution < -0.4 is 5.73 Å². The minimum atomic E-state index is -0.504. The maximum Gasteiger partial charge on any atom is 0.278 e. The van der Waals surface area contributed by atoms with Gasteiger partial charge in [0.05, 0.1) is 10.6 Å². The van der Waals surface area contributed by atoms with Gasteiger partial charge in [0.25, 0.3) is 11.6 Å². The van der Waals surface area contributed by atoms with Crippen LogP contribution in [0.2, 0.25) is 0 Å². The molecule has 0 unspecified atom stereocenters. The van der Waals surface area contributed by atoms with Crippen molar-refractivity contribution in [1.82, 2.24) is 19.9 Å². The number of likely N-dealkylation sites (tertiary alicyclic amines) is 1. The van der Waals surface area contributed by atoms with Crippen LogP contribution >= 0.6 is 0 Å². The predicted molar refractivity (Wildman–Crippen MR) is 82.2 cm³/mol. The molecule has 23 heavy (non-hydrogen) atoms. The van der Waals surface area contributed by atoms with Gasteiger partial charge in [0.1, 0.15) is 0 Å². The lowest BCUT2D eigenvalue weighted by molar-refractivity contribution is -0.384. The summed E-state index contributed by atoms with van der Waals surface area (Å²) < 4.78 is 1.24. The number of rotatable bonds is 3. The van der Waals surface area contributed by atoms with Crippen molar-refractivity contribution in [3.05, 3.63) is 40.1 Å². The molecule has 1 aliphatic heterocycles. The first-order valence-corrected chi connectivity index (χ1v) is 7.33. The first-order valence-electron chi connectivity index (χ1n) is 7.33. The summed E-state index contributed by atoms with van der Waals surface area (Å²) in [6, 6.07) is 5.85. The lowest BCUT2D eigenvalue weighted by atomic mass is 10.1. The van der Waals surface area contributed by atoms with E-state index in [1.807, 2.05) is 0 Å². The van der Waals surface area contributed by atoms with E-state index in [9.17, 15) is 14.9 Å². The predicted octanol–water partition coefficient (Wildman–Crippen LogP) is 1.38. The number of carbonyl (C=O) groups excluding carboxylic acids is 1. The Morgan fingerprint density at radius 2 is 2.00 bits per heavy atom. The lowest BCUT2D eigenvalue weighted by Gasteiger charge is -2.25. The second-order valence-electron chi connectivity index (χ2n) is 5.36. The highest BCUT2D eigenvalue weighted by Gasteiger charge is 2.25. The van der Waals surface area contributed by atoms with E-state index >= 15 is 0 Å². The fourth-order valence-corrected chi connectivity index (χ4v) is 2.62. The second-order valence-corrected chi connectivity index (χ2v) is 5.36. The summed E-state index contributed by atoms with van der Waals surface area (Å²) in [7, 11) is 0. The normalized spacial score (nSPS) is 14.7. The Balaban J connectivity index is 1.91. The molecular formula is C14H16N6O3. The molecule has 1 aromatic carbocycles. The third kappa shape index (κ3) is 2.85. The van der Waals surface area contributed by atoms with Crippen molar-refractivity contribution in [2.45, 2.75) is 19.3 Å². The number of hydrogen-bond acceptors (Lipinski definition) is 6. The Morgan fingerprint density at radius 3 is 2.70 bits per heavy atom. The maximum absolute atomic E-state index is 12.5. The summed E-state index contributed by atoms with van der Waals surface area (Å²) in [6.45, 7) is 1.36.